The first-order valence-corrected chi connectivity index (χ1v) is 5.77. The van der Waals surface area contributed by atoms with E-state index in [2.05, 4.69) is 6.07 Å². The lowest BCUT2D eigenvalue weighted by molar-refractivity contribution is 0.198. The van der Waals surface area contributed by atoms with Crippen LogP contribution in [0.3, 0.4) is 0 Å². The second kappa shape index (κ2) is 5.70. The summed E-state index contributed by atoms with van der Waals surface area (Å²) >= 11 is 0. The van der Waals surface area contributed by atoms with Crippen molar-refractivity contribution in [3.05, 3.63) is 29.8 Å². The molecule has 0 heterocycles. The number of rotatable bonds is 5. The first-order chi connectivity index (χ1) is 7.94. The van der Waals surface area contributed by atoms with Crippen molar-refractivity contribution in [2.75, 3.05) is 6.61 Å². The van der Waals surface area contributed by atoms with Gasteiger partial charge in [-0.05, 0) is 44.9 Å². The average Bonchev–Trinajstić information content (AvgIpc) is 2.29. The first kappa shape index (κ1) is 13.5. The standard InChI is InChI=1S/C14H19NO2/c1-11(16)12-5-4-6-13(9-12)17-8-7-14(2,3)10-15/h4-6,9,11,16H,7-8H2,1-3H3/t11-/m0/s1. The van der Waals surface area contributed by atoms with Crippen LogP contribution in [0.25, 0.3) is 0 Å². The molecule has 0 unspecified atom stereocenters. The quantitative estimate of drug-likeness (QED) is 0.850. The zero-order valence-electron chi connectivity index (χ0n) is 10.6. The van der Waals surface area contributed by atoms with Crippen LogP contribution in [0, 0.1) is 16.7 Å². The van der Waals surface area contributed by atoms with Crippen molar-refractivity contribution in [3.8, 4) is 11.8 Å². The van der Waals surface area contributed by atoms with Gasteiger partial charge in [0.2, 0.25) is 0 Å². The van der Waals surface area contributed by atoms with Crippen LogP contribution in [0.1, 0.15) is 38.9 Å². The lowest BCUT2D eigenvalue weighted by atomic mass is 9.92. The summed E-state index contributed by atoms with van der Waals surface area (Å²) in [5.74, 6) is 0.733. The van der Waals surface area contributed by atoms with Crippen molar-refractivity contribution in [2.24, 2.45) is 5.41 Å². The van der Waals surface area contributed by atoms with Crippen LogP contribution in [0.4, 0.5) is 0 Å². The van der Waals surface area contributed by atoms with Gasteiger partial charge in [-0.25, -0.2) is 0 Å². The third-order valence-electron chi connectivity index (χ3n) is 2.64. The van der Waals surface area contributed by atoms with Gasteiger partial charge in [-0.1, -0.05) is 12.1 Å². The fraction of sp³-hybridized carbons (Fsp3) is 0.500. The van der Waals surface area contributed by atoms with E-state index in [1.807, 2.05) is 38.1 Å². The highest BCUT2D eigenvalue weighted by atomic mass is 16.5. The molecule has 17 heavy (non-hydrogen) atoms. The summed E-state index contributed by atoms with van der Waals surface area (Å²) in [7, 11) is 0. The molecule has 0 aliphatic rings. The van der Waals surface area contributed by atoms with Crippen LogP contribution < -0.4 is 4.74 Å². The zero-order chi connectivity index (χ0) is 12.9. The molecule has 0 radical (unpaired) electrons. The van der Waals surface area contributed by atoms with Crippen LogP contribution in [0.5, 0.6) is 5.75 Å². The van der Waals surface area contributed by atoms with Gasteiger partial charge in [0, 0.05) is 0 Å². The molecule has 1 rings (SSSR count). The van der Waals surface area contributed by atoms with E-state index in [-0.39, 0.29) is 5.41 Å². The van der Waals surface area contributed by atoms with Crippen molar-refractivity contribution in [1.82, 2.24) is 0 Å². The van der Waals surface area contributed by atoms with Gasteiger partial charge in [-0.2, -0.15) is 5.26 Å². The highest BCUT2D eigenvalue weighted by molar-refractivity contribution is 5.29. The molecule has 1 N–H and O–H groups in total. The Hall–Kier alpha value is -1.53. The number of nitrogens with zero attached hydrogens (tertiary/aromatic N) is 1. The Labute approximate surface area is 103 Å². The molecule has 1 aromatic rings. The number of ether oxygens (including phenoxy) is 1. The first-order valence-electron chi connectivity index (χ1n) is 5.77. The van der Waals surface area contributed by atoms with Gasteiger partial charge in [0.1, 0.15) is 5.75 Å². The van der Waals surface area contributed by atoms with Crippen molar-refractivity contribution < 1.29 is 9.84 Å². The molecule has 1 aromatic carbocycles. The van der Waals surface area contributed by atoms with E-state index in [1.54, 1.807) is 6.92 Å². The van der Waals surface area contributed by atoms with E-state index in [0.29, 0.717) is 13.0 Å². The van der Waals surface area contributed by atoms with Gasteiger partial charge in [-0.15, -0.1) is 0 Å². The van der Waals surface area contributed by atoms with Crippen molar-refractivity contribution in [3.63, 3.8) is 0 Å². The summed E-state index contributed by atoms with van der Waals surface area (Å²) in [4.78, 5) is 0. The van der Waals surface area contributed by atoms with E-state index in [1.165, 1.54) is 0 Å². The van der Waals surface area contributed by atoms with Crippen molar-refractivity contribution >= 4 is 0 Å². The maximum Gasteiger partial charge on any atom is 0.119 e. The molecule has 0 aliphatic carbocycles. The van der Waals surface area contributed by atoms with Crippen molar-refractivity contribution in [1.29, 1.82) is 5.26 Å². The molecule has 3 nitrogen and oxygen atoms in total. The fourth-order valence-corrected chi connectivity index (χ4v) is 1.34. The van der Waals surface area contributed by atoms with Crippen LogP contribution in [0.2, 0.25) is 0 Å². The van der Waals surface area contributed by atoms with Gasteiger partial charge in [0.15, 0.2) is 0 Å². The Kier molecular flexibility index (Phi) is 4.53. The summed E-state index contributed by atoms with van der Waals surface area (Å²) in [5, 5.41) is 18.3. The van der Waals surface area contributed by atoms with Crippen LogP contribution >= 0.6 is 0 Å². The van der Waals surface area contributed by atoms with Gasteiger partial charge in [0.25, 0.3) is 0 Å². The largest absolute Gasteiger partial charge is 0.494 e. The number of aliphatic hydroxyl groups excluding tert-OH is 1. The Bertz CT molecular complexity index is 405. The van der Waals surface area contributed by atoms with E-state index in [0.717, 1.165) is 11.3 Å². The molecule has 0 aliphatic heterocycles. The van der Waals surface area contributed by atoms with Gasteiger partial charge in [-0.3, -0.25) is 0 Å². The van der Waals surface area contributed by atoms with Crippen LogP contribution in [-0.4, -0.2) is 11.7 Å². The Morgan fingerprint density at radius 2 is 2.18 bits per heavy atom. The molecule has 0 amide bonds. The number of hydrogen-bond donors (Lipinski definition) is 1. The highest BCUT2D eigenvalue weighted by Crippen LogP contribution is 2.22. The number of aliphatic hydroxyl groups is 1. The molecule has 0 saturated carbocycles. The molecule has 1 atom stereocenters. The number of benzene rings is 1. The normalized spacial score (nSPS) is 12.9. The molecule has 0 aromatic heterocycles. The summed E-state index contributed by atoms with van der Waals surface area (Å²) in [5.41, 5.74) is 0.476. The van der Waals surface area contributed by atoms with E-state index >= 15 is 0 Å². The Balaban J connectivity index is 2.53. The van der Waals surface area contributed by atoms with E-state index in [4.69, 9.17) is 10.00 Å². The predicted octanol–water partition coefficient (Wildman–Crippen LogP) is 3.06. The van der Waals surface area contributed by atoms with Crippen LogP contribution in [-0.2, 0) is 0 Å². The Morgan fingerprint density at radius 3 is 2.76 bits per heavy atom. The second-order valence-electron chi connectivity index (χ2n) is 4.84. The third kappa shape index (κ3) is 4.46. The smallest absolute Gasteiger partial charge is 0.119 e. The topological polar surface area (TPSA) is 53.2 Å². The van der Waals surface area contributed by atoms with E-state index in [9.17, 15) is 5.11 Å². The molecule has 0 saturated heterocycles. The molecule has 92 valence electrons. The summed E-state index contributed by atoms with van der Waals surface area (Å²) < 4.78 is 5.57. The fourth-order valence-electron chi connectivity index (χ4n) is 1.34. The summed E-state index contributed by atoms with van der Waals surface area (Å²) in [6.07, 6.45) is 0.191. The molecule has 3 heteroatoms. The van der Waals surface area contributed by atoms with Gasteiger partial charge in [0.05, 0.1) is 24.2 Å². The maximum atomic E-state index is 9.44. The minimum atomic E-state index is -0.492. The SMILES string of the molecule is C[C@H](O)c1cccc(OCCC(C)(C)C#N)c1. The van der Waals surface area contributed by atoms with Crippen LogP contribution in [0.15, 0.2) is 24.3 Å². The van der Waals surface area contributed by atoms with Gasteiger partial charge >= 0.3 is 0 Å². The van der Waals surface area contributed by atoms with Gasteiger partial charge < -0.3 is 9.84 Å². The minimum absolute atomic E-state index is 0.359. The highest BCUT2D eigenvalue weighted by Gasteiger charge is 2.16. The minimum Gasteiger partial charge on any atom is -0.494 e. The lowest BCUT2D eigenvalue weighted by Gasteiger charge is -2.15. The van der Waals surface area contributed by atoms with E-state index < -0.39 is 6.10 Å². The molecular weight excluding hydrogens is 214 g/mol. The Morgan fingerprint density at radius 1 is 1.47 bits per heavy atom. The lowest BCUT2D eigenvalue weighted by Crippen LogP contribution is -2.13. The average molecular weight is 233 g/mol. The maximum absolute atomic E-state index is 9.44. The molecular formula is C14H19NO2. The molecule has 0 bridgehead atoms. The van der Waals surface area contributed by atoms with Crippen molar-refractivity contribution in [2.45, 2.75) is 33.3 Å². The molecule has 0 fully saturated rings. The third-order valence-corrected chi connectivity index (χ3v) is 2.64. The number of hydrogen-bond acceptors (Lipinski definition) is 3. The predicted molar refractivity (Wildman–Crippen MR) is 66.6 cm³/mol. The second-order valence-corrected chi connectivity index (χ2v) is 4.84. The monoisotopic (exact) mass is 233 g/mol. The number of nitriles is 1. The molecule has 0 spiro atoms. The summed E-state index contributed by atoms with van der Waals surface area (Å²) in [6.45, 7) is 6.01. The summed E-state index contributed by atoms with van der Waals surface area (Å²) in [6, 6.07) is 9.62. The zero-order valence-corrected chi connectivity index (χ0v) is 10.6.